The van der Waals surface area contributed by atoms with Crippen molar-refractivity contribution in [2.45, 2.75) is 32.9 Å². The van der Waals surface area contributed by atoms with Crippen LogP contribution in [0.3, 0.4) is 0 Å². The summed E-state index contributed by atoms with van der Waals surface area (Å²) in [5, 5.41) is 12.2. The molecule has 7 heteroatoms. The molecule has 0 heterocycles. The number of esters is 1. The summed E-state index contributed by atoms with van der Waals surface area (Å²) in [6.07, 6.45) is 0. The summed E-state index contributed by atoms with van der Waals surface area (Å²) >= 11 is 5.69. The number of aromatic hydroxyl groups is 1. The van der Waals surface area contributed by atoms with Crippen molar-refractivity contribution in [3.8, 4) is 11.5 Å². The number of ether oxygens (including phenoxy) is 2. The second kappa shape index (κ2) is 6.95. The Morgan fingerprint density at radius 3 is 2.67 bits per heavy atom. The number of carbonyl (C=O) groups is 1. The van der Waals surface area contributed by atoms with E-state index in [0.717, 1.165) is 0 Å². The quantitative estimate of drug-likeness (QED) is 0.789. The van der Waals surface area contributed by atoms with Crippen molar-refractivity contribution in [1.82, 2.24) is 5.32 Å². The lowest BCUT2D eigenvalue weighted by atomic mass is 10.1. The number of benzene rings is 1. The number of hydrogen-bond acceptors (Lipinski definition) is 5. The number of phenolic OH excluding ortho intramolecular Hbond substituents is 1. The number of nitrogens with one attached hydrogen (secondary N) is 1. The second-order valence-electron chi connectivity index (χ2n) is 5.22. The maximum Gasteiger partial charge on any atom is 0.302 e. The Morgan fingerprint density at radius 2 is 2.14 bits per heavy atom. The zero-order valence-electron chi connectivity index (χ0n) is 12.4. The summed E-state index contributed by atoms with van der Waals surface area (Å²) in [5.41, 5.74) is -0.371. The molecule has 0 aliphatic heterocycles. The molecule has 1 aromatic carbocycles. The number of carbonyl (C=O) groups excluding carboxylic acids is 1. The van der Waals surface area contributed by atoms with E-state index in [2.05, 4.69) is 5.32 Å². The molecule has 0 aliphatic rings. The van der Waals surface area contributed by atoms with Crippen molar-refractivity contribution in [3.05, 3.63) is 22.5 Å². The molecule has 0 aliphatic carbocycles. The van der Waals surface area contributed by atoms with Crippen LogP contribution in [0.25, 0.3) is 0 Å². The van der Waals surface area contributed by atoms with Crippen LogP contribution in [0.4, 0.5) is 4.39 Å². The van der Waals surface area contributed by atoms with Gasteiger partial charge in [0.05, 0.1) is 7.11 Å². The van der Waals surface area contributed by atoms with Crippen molar-refractivity contribution < 1.29 is 23.8 Å². The highest BCUT2D eigenvalue weighted by Gasteiger charge is 2.23. The number of phenols is 1. The van der Waals surface area contributed by atoms with Crippen LogP contribution in [0.15, 0.2) is 6.07 Å². The average molecular weight is 320 g/mol. The first-order valence-electron chi connectivity index (χ1n) is 6.30. The van der Waals surface area contributed by atoms with Crippen molar-refractivity contribution in [2.75, 3.05) is 13.7 Å². The fraction of sp³-hybridized carbons (Fsp3) is 0.500. The third kappa shape index (κ3) is 4.75. The van der Waals surface area contributed by atoms with Crippen molar-refractivity contribution in [2.24, 2.45) is 0 Å². The molecule has 0 radical (unpaired) electrons. The van der Waals surface area contributed by atoms with Crippen LogP contribution in [0.2, 0.25) is 5.02 Å². The lowest BCUT2D eigenvalue weighted by Crippen LogP contribution is -2.43. The Morgan fingerprint density at radius 1 is 1.52 bits per heavy atom. The third-order valence-electron chi connectivity index (χ3n) is 2.85. The van der Waals surface area contributed by atoms with E-state index in [4.69, 9.17) is 21.1 Å². The minimum Gasteiger partial charge on any atom is -0.506 e. The van der Waals surface area contributed by atoms with Gasteiger partial charge in [-0.2, -0.15) is 0 Å². The van der Waals surface area contributed by atoms with Gasteiger partial charge in [0.25, 0.3) is 0 Å². The molecule has 1 rings (SSSR count). The van der Waals surface area contributed by atoms with Gasteiger partial charge in [-0.1, -0.05) is 11.6 Å². The highest BCUT2D eigenvalue weighted by molar-refractivity contribution is 6.32. The molecule has 21 heavy (non-hydrogen) atoms. The van der Waals surface area contributed by atoms with E-state index in [0.29, 0.717) is 0 Å². The van der Waals surface area contributed by atoms with E-state index in [-0.39, 0.29) is 41.2 Å². The average Bonchev–Trinajstić information content (AvgIpc) is 2.41. The summed E-state index contributed by atoms with van der Waals surface area (Å²) in [7, 11) is 1.37. The lowest BCUT2D eigenvalue weighted by Gasteiger charge is -2.26. The van der Waals surface area contributed by atoms with Crippen molar-refractivity contribution in [1.29, 1.82) is 0 Å². The summed E-state index contributed by atoms with van der Waals surface area (Å²) < 4.78 is 24.1. The van der Waals surface area contributed by atoms with Crippen LogP contribution < -0.4 is 10.1 Å². The predicted molar refractivity (Wildman–Crippen MR) is 77.2 cm³/mol. The zero-order chi connectivity index (χ0) is 16.2. The molecule has 0 amide bonds. The van der Waals surface area contributed by atoms with E-state index in [1.165, 1.54) is 20.1 Å². The molecule has 0 unspecified atom stereocenters. The zero-order valence-corrected chi connectivity index (χ0v) is 13.2. The Bertz CT molecular complexity index is 534. The molecular formula is C14H19ClFNO4. The number of methoxy groups -OCH3 is 1. The van der Waals surface area contributed by atoms with Gasteiger partial charge >= 0.3 is 5.97 Å². The van der Waals surface area contributed by atoms with Gasteiger partial charge in [0.15, 0.2) is 5.82 Å². The molecule has 1 aromatic rings. The van der Waals surface area contributed by atoms with Crippen molar-refractivity contribution >= 4 is 17.6 Å². The Kier molecular flexibility index (Phi) is 5.80. The monoisotopic (exact) mass is 319 g/mol. The van der Waals surface area contributed by atoms with Gasteiger partial charge in [-0.05, 0) is 13.8 Å². The van der Waals surface area contributed by atoms with Gasteiger partial charge in [0.1, 0.15) is 23.1 Å². The highest BCUT2D eigenvalue weighted by Crippen LogP contribution is 2.35. The first-order valence-corrected chi connectivity index (χ1v) is 6.68. The first kappa shape index (κ1) is 17.5. The largest absolute Gasteiger partial charge is 0.506 e. The molecule has 0 fully saturated rings. The molecular weight excluding hydrogens is 301 g/mol. The highest BCUT2D eigenvalue weighted by atomic mass is 35.5. The van der Waals surface area contributed by atoms with E-state index in [1.54, 1.807) is 0 Å². The molecule has 0 bridgehead atoms. The maximum atomic E-state index is 14.1. The second-order valence-corrected chi connectivity index (χ2v) is 5.60. The number of hydrogen-bond donors (Lipinski definition) is 2. The summed E-state index contributed by atoms with van der Waals surface area (Å²) in [5.74, 6) is -1.33. The molecule has 0 saturated heterocycles. The van der Waals surface area contributed by atoms with Crippen LogP contribution in [-0.2, 0) is 16.1 Å². The van der Waals surface area contributed by atoms with Crippen LogP contribution in [0.1, 0.15) is 26.3 Å². The molecule has 5 nitrogen and oxygen atoms in total. The van der Waals surface area contributed by atoms with Crippen LogP contribution in [-0.4, -0.2) is 30.3 Å². The van der Waals surface area contributed by atoms with E-state index in [1.807, 2.05) is 13.8 Å². The van der Waals surface area contributed by atoms with Gasteiger partial charge in [0.2, 0.25) is 0 Å². The predicted octanol–water partition coefficient (Wildman–Crippen LogP) is 2.62. The summed E-state index contributed by atoms with van der Waals surface area (Å²) in [6.45, 7) is 5.17. The molecule has 2 N–H and O–H groups in total. The Labute approximate surface area is 128 Å². The van der Waals surface area contributed by atoms with Gasteiger partial charge < -0.3 is 19.9 Å². The number of halogens is 2. The third-order valence-corrected chi connectivity index (χ3v) is 3.21. The molecule has 118 valence electrons. The Hall–Kier alpha value is -1.53. The van der Waals surface area contributed by atoms with Gasteiger partial charge in [-0.25, -0.2) is 4.39 Å². The van der Waals surface area contributed by atoms with E-state index < -0.39 is 11.4 Å². The summed E-state index contributed by atoms with van der Waals surface area (Å²) in [4.78, 5) is 10.8. The lowest BCUT2D eigenvalue weighted by molar-refractivity contribution is -0.142. The SMILES string of the molecule is COc1cc(O)c(Cl)c(F)c1CNC(C)(C)COC(C)=O. The molecule has 0 aromatic heterocycles. The van der Waals surface area contributed by atoms with Gasteiger partial charge in [0, 0.05) is 30.6 Å². The topological polar surface area (TPSA) is 67.8 Å². The molecule has 0 atom stereocenters. The van der Waals surface area contributed by atoms with Crippen LogP contribution >= 0.6 is 11.6 Å². The number of rotatable bonds is 6. The minimum absolute atomic E-state index is 0.100. The first-order chi connectivity index (χ1) is 9.68. The fourth-order valence-electron chi connectivity index (χ4n) is 1.64. The van der Waals surface area contributed by atoms with E-state index in [9.17, 15) is 14.3 Å². The summed E-state index contributed by atoms with van der Waals surface area (Å²) in [6, 6.07) is 1.25. The van der Waals surface area contributed by atoms with E-state index >= 15 is 0 Å². The van der Waals surface area contributed by atoms with Crippen LogP contribution in [0.5, 0.6) is 11.5 Å². The fourth-order valence-corrected chi connectivity index (χ4v) is 1.80. The van der Waals surface area contributed by atoms with Crippen molar-refractivity contribution in [3.63, 3.8) is 0 Å². The van der Waals surface area contributed by atoms with Gasteiger partial charge in [-0.15, -0.1) is 0 Å². The van der Waals surface area contributed by atoms with Gasteiger partial charge in [-0.3, -0.25) is 4.79 Å². The molecule has 0 spiro atoms. The van der Waals surface area contributed by atoms with Crippen LogP contribution in [0, 0.1) is 5.82 Å². The minimum atomic E-state index is -0.746. The smallest absolute Gasteiger partial charge is 0.302 e. The molecule has 0 saturated carbocycles. The Balaban J connectivity index is 2.88. The standard InChI is InChI=1S/C14H19ClFNO4/c1-8(18)21-7-14(2,3)17-6-9-11(20-4)5-10(19)12(15)13(9)16/h5,17,19H,6-7H2,1-4H3. The normalized spacial score (nSPS) is 11.3. The maximum absolute atomic E-state index is 14.1.